The van der Waals surface area contributed by atoms with Gasteiger partial charge in [0.15, 0.2) is 0 Å². The average Bonchev–Trinajstić information content (AvgIpc) is 2.34. The normalized spacial score (nSPS) is 9.76. The highest BCUT2D eigenvalue weighted by atomic mass is 16.6. The Morgan fingerprint density at radius 3 is 2.71 bits per heavy atom. The molecule has 1 rings (SSSR count). The molecule has 1 aromatic carbocycles. The first-order valence-corrected chi connectivity index (χ1v) is 5.34. The molecule has 0 unspecified atom stereocenters. The van der Waals surface area contributed by atoms with Gasteiger partial charge in [0.05, 0.1) is 4.92 Å². The molecular formula is C11H15N3O3. The molecule has 0 atom stereocenters. The van der Waals surface area contributed by atoms with E-state index in [1.54, 1.807) is 7.05 Å². The maximum atomic E-state index is 11.6. The number of carbonyl (C=O) groups is 1. The molecular weight excluding hydrogens is 222 g/mol. The first-order valence-electron chi connectivity index (χ1n) is 5.34. The fourth-order valence-corrected chi connectivity index (χ4v) is 1.38. The summed E-state index contributed by atoms with van der Waals surface area (Å²) in [5.74, 6) is -0.224. The molecule has 0 saturated heterocycles. The summed E-state index contributed by atoms with van der Waals surface area (Å²) in [6.07, 6.45) is 0.845. The zero-order chi connectivity index (χ0) is 12.8. The molecule has 0 heterocycles. The molecule has 92 valence electrons. The quantitative estimate of drug-likeness (QED) is 0.603. The Balaban J connectivity index is 2.97. The topological polar surface area (TPSA) is 84.3 Å². The number of nitro benzene ring substituents is 1. The Hall–Kier alpha value is -2.11. The molecule has 2 N–H and O–H groups in total. The lowest BCUT2D eigenvalue weighted by Crippen LogP contribution is -2.24. The van der Waals surface area contributed by atoms with Gasteiger partial charge in [0.1, 0.15) is 5.69 Å². The Bertz CT molecular complexity index is 432. The van der Waals surface area contributed by atoms with Crippen LogP contribution in [0.2, 0.25) is 0 Å². The molecule has 0 saturated carbocycles. The summed E-state index contributed by atoms with van der Waals surface area (Å²) in [5.41, 5.74) is 0.701. The number of benzene rings is 1. The predicted molar refractivity (Wildman–Crippen MR) is 65.3 cm³/mol. The third-order valence-electron chi connectivity index (χ3n) is 2.26. The minimum Gasteiger partial charge on any atom is -0.383 e. The van der Waals surface area contributed by atoms with E-state index in [1.807, 2.05) is 6.92 Å². The minimum atomic E-state index is -0.487. The molecule has 0 aliphatic rings. The summed E-state index contributed by atoms with van der Waals surface area (Å²) >= 11 is 0. The zero-order valence-corrected chi connectivity index (χ0v) is 9.82. The lowest BCUT2D eigenvalue weighted by molar-refractivity contribution is -0.383. The number of anilines is 1. The van der Waals surface area contributed by atoms with Gasteiger partial charge in [0, 0.05) is 25.2 Å². The molecule has 6 nitrogen and oxygen atoms in total. The number of amides is 1. The van der Waals surface area contributed by atoms with Crippen LogP contribution in [-0.2, 0) is 0 Å². The maximum absolute atomic E-state index is 11.6. The molecule has 0 spiro atoms. The summed E-state index contributed by atoms with van der Waals surface area (Å²) in [6, 6.07) is 4.25. The van der Waals surface area contributed by atoms with E-state index < -0.39 is 4.92 Å². The molecule has 17 heavy (non-hydrogen) atoms. The number of nitro groups is 1. The van der Waals surface area contributed by atoms with E-state index in [0.29, 0.717) is 17.8 Å². The van der Waals surface area contributed by atoms with Crippen LogP contribution in [-0.4, -0.2) is 24.4 Å². The lowest BCUT2D eigenvalue weighted by atomic mass is 10.1. The van der Waals surface area contributed by atoms with E-state index in [2.05, 4.69) is 10.6 Å². The molecule has 1 aromatic rings. The smallest absolute Gasteiger partial charge is 0.292 e. The van der Waals surface area contributed by atoms with Gasteiger partial charge in [-0.3, -0.25) is 14.9 Å². The van der Waals surface area contributed by atoms with E-state index in [0.717, 1.165) is 6.42 Å². The summed E-state index contributed by atoms with van der Waals surface area (Å²) in [4.78, 5) is 21.9. The first-order chi connectivity index (χ1) is 8.10. The molecule has 0 fully saturated rings. The Morgan fingerprint density at radius 1 is 1.47 bits per heavy atom. The van der Waals surface area contributed by atoms with Crippen molar-refractivity contribution in [2.45, 2.75) is 13.3 Å². The number of carbonyl (C=O) groups excluding carboxylic acids is 1. The minimum absolute atomic E-state index is 0.0421. The van der Waals surface area contributed by atoms with Crippen molar-refractivity contribution in [2.75, 3.05) is 18.9 Å². The zero-order valence-electron chi connectivity index (χ0n) is 9.82. The number of rotatable bonds is 5. The number of nitrogens with one attached hydrogen (secondary N) is 2. The van der Waals surface area contributed by atoms with Gasteiger partial charge >= 0.3 is 0 Å². The lowest BCUT2D eigenvalue weighted by Gasteiger charge is -2.06. The number of hydrogen-bond acceptors (Lipinski definition) is 4. The second kappa shape index (κ2) is 5.83. The van der Waals surface area contributed by atoms with E-state index in [9.17, 15) is 14.9 Å². The van der Waals surface area contributed by atoms with Crippen molar-refractivity contribution in [3.05, 3.63) is 33.9 Å². The van der Waals surface area contributed by atoms with Crippen LogP contribution in [0.4, 0.5) is 11.4 Å². The van der Waals surface area contributed by atoms with Crippen molar-refractivity contribution in [2.24, 2.45) is 0 Å². The second-order valence-electron chi connectivity index (χ2n) is 3.49. The standard InChI is InChI=1S/C11H15N3O3/c1-3-6-13-11(15)8-4-5-10(14(16)17)9(7-8)12-2/h4-5,7,12H,3,6H2,1-2H3,(H,13,15). The molecule has 0 bridgehead atoms. The van der Waals surface area contributed by atoms with Crippen LogP contribution in [0.15, 0.2) is 18.2 Å². The molecule has 0 aliphatic heterocycles. The second-order valence-corrected chi connectivity index (χ2v) is 3.49. The summed E-state index contributed by atoms with van der Waals surface area (Å²) < 4.78 is 0. The Morgan fingerprint density at radius 2 is 2.18 bits per heavy atom. The van der Waals surface area contributed by atoms with Crippen LogP contribution in [0.25, 0.3) is 0 Å². The van der Waals surface area contributed by atoms with E-state index in [1.165, 1.54) is 18.2 Å². The average molecular weight is 237 g/mol. The van der Waals surface area contributed by atoms with Gasteiger partial charge < -0.3 is 10.6 Å². The maximum Gasteiger partial charge on any atom is 0.292 e. The van der Waals surface area contributed by atoms with E-state index >= 15 is 0 Å². The van der Waals surface area contributed by atoms with Crippen LogP contribution in [0.3, 0.4) is 0 Å². The van der Waals surface area contributed by atoms with Crippen LogP contribution in [0, 0.1) is 10.1 Å². The molecule has 1 amide bonds. The van der Waals surface area contributed by atoms with Crippen molar-refractivity contribution >= 4 is 17.3 Å². The summed E-state index contributed by atoms with van der Waals surface area (Å²) in [5, 5.41) is 16.1. The monoisotopic (exact) mass is 237 g/mol. The SMILES string of the molecule is CCCNC(=O)c1ccc([N+](=O)[O-])c(NC)c1. The Kier molecular flexibility index (Phi) is 4.45. The van der Waals surface area contributed by atoms with Crippen molar-refractivity contribution in [3.8, 4) is 0 Å². The van der Waals surface area contributed by atoms with Gasteiger partial charge in [-0.25, -0.2) is 0 Å². The van der Waals surface area contributed by atoms with Gasteiger partial charge in [-0.1, -0.05) is 6.92 Å². The van der Waals surface area contributed by atoms with Crippen LogP contribution in [0.5, 0.6) is 0 Å². The van der Waals surface area contributed by atoms with Gasteiger partial charge in [-0.05, 0) is 18.6 Å². The highest BCUT2D eigenvalue weighted by molar-refractivity contribution is 5.95. The first kappa shape index (κ1) is 13.0. The molecule has 6 heteroatoms. The fourth-order valence-electron chi connectivity index (χ4n) is 1.38. The van der Waals surface area contributed by atoms with Crippen LogP contribution in [0.1, 0.15) is 23.7 Å². The number of hydrogen-bond donors (Lipinski definition) is 2. The highest BCUT2D eigenvalue weighted by Gasteiger charge is 2.15. The predicted octanol–water partition coefficient (Wildman–Crippen LogP) is 1.78. The van der Waals surface area contributed by atoms with Gasteiger partial charge in [0.2, 0.25) is 0 Å². The third-order valence-corrected chi connectivity index (χ3v) is 2.26. The highest BCUT2D eigenvalue weighted by Crippen LogP contribution is 2.24. The molecule has 0 radical (unpaired) electrons. The van der Waals surface area contributed by atoms with Crippen molar-refractivity contribution in [3.63, 3.8) is 0 Å². The summed E-state index contributed by atoms with van der Waals surface area (Å²) in [6.45, 7) is 2.54. The van der Waals surface area contributed by atoms with Crippen molar-refractivity contribution < 1.29 is 9.72 Å². The van der Waals surface area contributed by atoms with Crippen molar-refractivity contribution in [1.29, 1.82) is 0 Å². The van der Waals surface area contributed by atoms with Crippen molar-refractivity contribution in [1.82, 2.24) is 5.32 Å². The third kappa shape index (κ3) is 3.17. The van der Waals surface area contributed by atoms with E-state index in [4.69, 9.17) is 0 Å². The largest absolute Gasteiger partial charge is 0.383 e. The van der Waals surface area contributed by atoms with Gasteiger partial charge in [0.25, 0.3) is 11.6 Å². The van der Waals surface area contributed by atoms with Crippen LogP contribution < -0.4 is 10.6 Å². The van der Waals surface area contributed by atoms with Gasteiger partial charge in [-0.15, -0.1) is 0 Å². The summed E-state index contributed by atoms with van der Waals surface area (Å²) in [7, 11) is 1.58. The van der Waals surface area contributed by atoms with Gasteiger partial charge in [-0.2, -0.15) is 0 Å². The van der Waals surface area contributed by atoms with E-state index in [-0.39, 0.29) is 11.6 Å². The number of nitrogens with zero attached hydrogens (tertiary/aromatic N) is 1. The molecule has 0 aromatic heterocycles. The Labute approximate surface area is 99.2 Å². The van der Waals surface area contributed by atoms with Crippen LogP contribution >= 0.6 is 0 Å². The fraction of sp³-hybridized carbons (Fsp3) is 0.364. The molecule has 0 aliphatic carbocycles.